The Bertz CT molecular complexity index is 322. The predicted molar refractivity (Wildman–Crippen MR) is 45.8 cm³/mol. The summed E-state index contributed by atoms with van der Waals surface area (Å²) in [5.41, 5.74) is 0.395. The maximum atomic E-state index is 11.2. The van der Waals surface area contributed by atoms with Crippen molar-refractivity contribution >= 4 is 12.1 Å². The largest absolute Gasteiger partial charge is 0.495 e. The van der Waals surface area contributed by atoms with E-state index in [1.54, 1.807) is 6.07 Å². The third kappa shape index (κ3) is 2.37. The fraction of sp³-hybridized carbons (Fsp3) is 0.222. The minimum Gasteiger partial charge on any atom is -0.495 e. The lowest BCUT2D eigenvalue weighted by atomic mass is 10.1. The molecule has 0 radical (unpaired) electrons. The van der Waals surface area contributed by atoms with Gasteiger partial charge in [0, 0.05) is 11.8 Å². The molecular formula is C9H9NO3. The lowest BCUT2D eigenvalue weighted by Crippen LogP contribution is -2.00. The maximum absolute atomic E-state index is 11.2. The van der Waals surface area contributed by atoms with E-state index in [9.17, 15) is 9.59 Å². The number of hydrogen-bond acceptors (Lipinski definition) is 4. The van der Waals surface area contributed by atoms with Crippen LogP contribution < -0.4 is 4.74 Å². The van der Waals surface area contributed by atoms with Gasteiger partial charge in [0.1, 0.15) is 12.0 Å². The molecule has 4 heteroatoms. The van der Waals surface area contributed by atoms with Crippen molar-refractivity contribution in [1.82, 2.24) is 4.98 Å². The number of ketones is 1. The summed E-state index contributed by atoms with van der Waals surface area (Å²) < 4.78 is 4.88. The normalized spacial score (nSPS) is 9.31. The first-order valence-electron chi connectivity index (χ1n) is 3.74. The Balaban J connectivity index is 2.87. The zero-order valence-corrected chi connectivity index (χ0v) is 7.19. The van der Waals surface area contributed by atoms with Crippen LogP contribution in [0.1, 0.15) is 16.8 Å². The van der Waals surface area contributed by atoms with E-state index >= 15 is 0 Å². The van der Waals surface area contributed by atoms with Gasteiger partial charge >= 0.3 is 0 Å². The first-order valence-corrected chi connectivity index (χ1v) is 3.74. The van der Waals surface area contributed by atoms with Crippen LogP contribution in [0.5, 0.6) is 5.75 Å². The summed E-state index contributed by atoms with van der Waals surface area (Å²) in [4.78, 5) is 25.1. The number of methoxy groups -OCH3 is 1. The molecule has 0 saturated heterocycles. The number of carbonyl (C=O) groups excluding carboxylic acids is 2. The fourth-order valence-electron chi connectivity index (χ4n) is 0.876. The topological polar surface area (TPSA) is 56.3 Å². The molecule has 13 heavy (non-hydrogen) atoms. The highest BCUT2D eigenvalue weighted by atomic mass is 16.5. The van der Waals surface area contributed by atoms with Crippen LogP contribution in [0.2, 0.25) is 0 Å². The Morgan fingerprint density at radius 1 is 1.62 bits per heavy atom. The zero-order valence-electron chi connectivity index (χ0n) is 7.19. The Labute approximate surface area is 75.5 Å². The summed E-state index contributed by atoms with van der Waals surface area (Å²) in [6.07, 6.45) is 3.36. The Morgan fingerprint density at radius 2 is 2.38 bits per heavy atom. The van der Waals surface area contributed by atoms with Crippen LogP contribution in [-0.4, -0.2) is 24.2 Å². The number of pyridine rings is 1. The molecule has 4 nitrogen and oxygen atoms in total. The third-order valence-corrected chi connectivity index (χ3v) is 1.54. The number of carbonyl (C=O) groups is 2. The Kier molecular flexibility index (Phi) is 3.14. The van der Waals surface area contributed by atoms with E-state index < -0.39 is 0 Å². The number of nitrogens with zero attached hydrogens (tertiary/aromatic N) is 1. The predicted octanol–water partition coefficient (Wildman–Crippen LogP) is 0.862. The van der Waals surface area contributed by atoms with E-state index in [0.29, 0.717) is 17.6 Å². The van der Waals surface area contributed by atoms with Crippen LogP contribution >= 0.6 is 0 Å². The molecule has 1 rings (SSSR count). The fourth-order valence-corrected chi connectivity index (χ4v) is 0.876. The number of ether oxygens (including phenoxy) is 1. The SMILES string of the molecule is COc1cncc(C(=O)CC=O)c1. The first kappa shape index (κ1) is 9.38. The molecule has 1 aromatic rings. The maximum Gasteiger partial charge on any atom is 0.171 e. The van der Waals surface area contributed by atoms with Gasteiger partial charge in [-0.1, -0.05) is 0 Å². The van der Waals surface area contributed by atoms with Crippen LogP contribution in [0.25, 0.3) is 0 Å². The minimum atomic E-state index is -0.249. The monoisotopic (exact) mass is 179 g/mol. The molecule has 1 heterocycles. The second-order valence-electron chi connectivity index (χ2n) is 2.41. The van der Waals surface area contributed by atoms with Crippen molar-refractivity contribution in [2.24, 2.45) is 0 Å². The second kappa shape index (κ2) is 4.35. The smallest absolute Gasteiger partial charge is 0.171 e. The van der Waals surface area contributed by atoms with Gasteiger partial charge in [0.05, 0.1) is 19.7 Å². The molecule has 0 unspecified atom stereocenters. The van der Waals surface area contributed by atoms with E-state index in [1.807, 2.05) is 0 Å². The minimum absolute atomic E-state index is 0.116. The van der Waals surface area contributed by atoms with Crippen molar-refractivity contribution in [2.75, 3.05) is 7.11 Å². The van der Waals surface area contributed by atoms with E-state index in [0.717, 1.165) is 0 Å². The zero-order chi connectivity index (χ0) is 9.68. The van der Waals surface area contributed by atoms with Crippen LogP contribution in [0.4, 0.5) is 0 Å². The van der Waals surface area contributed by atoms with Gasteiger partial charge in [0.2, 0.25) is 0 Å². The highest BCUT2D eigenvalue weighted by Crippen LogP contribution is 2.11. The van der Waals surface area contributed by atoms with Crippen molar-refractivity contribution < 1.29 is 14.3 Å². The Hall–Kier alpha value is -1.71. The molecule has 0 aliphatic rings. The summed E-state index contributed by atoms with van der Waals surface area (Å²) >= 11 is 0. The lowest BCUT2D eigenvalue weighted by Gasteiger charge is -2.00. The quantitative estimate of drug-likeness (QED) is 0.391. The average molecular weight is 179 g/mol. The van der Waals surface area contributed by atoms with Crippen molar-refractivity contribution in [3.05, 3.63) is 24.0 Å². The van der Waals surface area contributed by atoms with Gasteiger partial charge in [-0.25, -0.2) is 0 Å². The molecule has 0 atom stereocenters. The first-order chi connectivity index (χ1) is 6.27. The van der Waals surface area contributed by atoms with E-state index in [4.69, 9.17) is 4.74 Å². The van der Waals surface area contributed by atoms with Gasteiger partial charge in [-0.15, -0.1) is 0 Å². The highest BCUT2D eigenvalue weighted by Gasteiger charge is 2.05. The van der Waals surface area contributed by atoms with Gasteiger partial charge in [0.25, 0.3) is 0 Å². The van der Waals surface area contributed by atoms with Crippen molar-refractivity contribution in [1.29, 1.82) is 0 Å². The summed E-state index contributed by atoms with van der Waals surface area (Å²) in [5.74, 6) is 0.262. The lowest BCUT2D eigenvalue weighted by molar-refractivity contribution is -0.107. The number of hydrogen-bond donors (Lipinski definition) is 0. The molecule has 1 aromatic heterocycles. The summed E-state index contributed by atoms with van der Waals surface area (Å²) in [7, 11) is 1.49. The molecule has 0 bridgehead atoms. The van der Waals surface area contributed by atoms with Gasteiger partial charge in [-0.05, 0) is 6.07 Å². The van der Waals surface area contributed by atoms with E-state index in [2.05, 4.69) is 4.98 Å². The number of rotatable bonds is 4. The molecule has 0 spiro atoms. The van der Waals surface area contributed by atoms with E-state index in [-0.39, 0.29) is 12.2 Å². The molecule has 0 aliphatic heterocycles. The molecule has 0 N–H and O–H groups in total. The summed E-state index contributed by atoms with van der Waals surface area (Å²) in [6, 6.07) is 1.55. The van der Waals surface area contributed by atoms with E-state index in [1.165, 1.54) is 19.5 Å². The standard InChI is InChI=1S/C9H9NO3/c1-13-8-4-7(5-10-6-8)9(12)2-3-11/h3-6H,2H2,1H3. The molecule has 68 valence electrons. The molecule has 0 amide bonds. The average Bonchev–Trinajstić information content (AvgIpc) is 2.18. The number of Topliss-reactive ketones (excluding diaryl/α,β-unsaturated/α-hetero) is 1. The summed E-state index contributed by atoms with van der Waals surface area (Å²) in [6.45, 7) is 0. The molecule has 0 aromatic carbocycles. The summed E-state index contributed by atoms with van der Waals surface area (Å²) in [5, 5.41) is 0. The van der Waals surface area contributed by atoms with Crippen LogP contribution in [0, 0.1) is 0 Å². The van der Waals surface area contributed by atoms with Crippen molar-refractivity contribution in [3.8, 4) is 5.75 Å². The highest BCUT2D eigenvalue weighted by molar-refractivity contribution is 6.02. The van der Waals surface area contributed by atoms with Crippen molar-refractivity contribution in [2.45, 2.75) is 6.42 Å². The molecule has 0 fully saturated rings. The molecule has 0 saturated carbocycles. The molecular weight excluding hydrogens is 170 g/mol. The van der Waals surface area contributed by atoms with Crippen LogP contribution in [0.15, 0.2) is 18.5 Å². The third-order valence-electron chi connectivity index (χ3n) is 1.54. The van der Waals surface area contributed by atoms with Gasteiger partial charge < -0.3 is 9.53 Å². The van der Waals surface area contributed by atoms with Gasteiger partial charge in [0.15, 0.2) is 5.78 Å². The van der Waals surface area contributed by atoms with Gasteiger partial charge in [-0.3, -0.25) is 9.78 Å². The molecule has 0 aliphatic carbocycles. The Morgan fingerprint density at radius 3 is 3.00 bits per heavy atom. The number of aldehydes is 1. The number of aromatic nitrogens is 1. The van der Waals surface area contributed by atoms with Crippen LogP contribution in [0.3, 0.4) is 0 Å². The second-order valence-corrected chi connectivity index (χ2v) is 2.41. The van der Waals surface area contributed by atoms with Gasteiger partial charge in [-0.2, -0.15) is 0 Å². The van der Waals surface area contributed by atoms with Crippen molar-refractivity contribution in [3.63, 3.8) is 0 Å². The van der Waals surface area contributed by atoms with Crippen LogP contribution in [-0.2, 0) is 4.79 Å².